The fourth-order valence-electron chi connectivity index (χ4n) is 3.65. The Hall–Kier alpha value is -3.20. The van der Waals surface area contributed by atoms with E-state index in [1.165, 1.54) is 11.8 Å². The van der Waals surface area contributed by atoms with Gasteiger partial charge in [-0.25, -0.2) is 0 Å². The minimum Gasteiger partial charge on any atom is -0.486 e. The summed E-state index contributed by atoms with van der Waals surface area (Å²) in [5.41, 5.74) is 2.12. The van der Waals surface area contributed by atoms with Crippen molar-refractivity contribution < 1.29 is 19.1 Å². The summed E-state index contributed by atoms with van der Waals surface area (Å²) in [6.07, 6.45) is 1.91. The first-order valence-electron chi connectivity index (χ1n) is 9.71. The van der Waals surface area contributed by atoms with E-state index in [0.29, 0.717) is 36.9 Å². The summed E-state index contributed by atoms with van der Waals surface area (Å²) in [6, 6.07) is 11.1. The van der Waals surface area contributed by atoms with Gasteiger partial charge in [-0.1, -0.05) is 17.8 Å². The molecule has 4 heterocycles. The number of aromatic nitrogens is 1. The fraction of sp³-hybridized carbons (Fsp3) is 0.286. The molecule has 2 atom stereocenters. The van der Waals surface area contributed by atoms with E-state index in [4.69, 9.17) is 9.47 Å². The van der Waals surface area contributed by atoms with Crippen LogP contribution in [-0.2, 0) is 9.59 Å². The highest BCUT2D eigenvalue weighted by molar-refractivity contribution is 8.03. The quantitative estimate of drug-likeness (QED) is 0.775. The van der Waals surface area contributed by atoms with Crippen LogP contribution in [0.3, 0.4) is 0 Å². The zero-order chi connectivity index (χ0) is 20.5. The van der Waals surface area contributed by atoms with Crippen molar-refractivity contribution in [2.24, 2.45) is 5.92 Å². The van der Waals surface area contributed by atoms with Crippen LogP contribution < -0.4 is 25.0 Å². The fourth-order valence-corrected chi connectivity index (χ4v) is 4.49. The van der Waals surface area contributed by atoms with Gasteiger partial charge in [0.1, 0.15) is 13.2 Å². The third kappa shape index (κ3) is 3.68. The molecular weight excluding hydrogens is 404 g/mol. The normalized spacial score (nSPS) is 22.5. The van der Waals surface area contributed by atoms with Crippen molar-refractivity contribution in [1.29, 1.82) is 0 Å². The second-order valence-electron chi connectivity index (χ2n) is 7.15. The molecule has 0 saturated carbocycles. The van der Waals surface area contributed by atoms with Crippen LogP contribution in [-0.4, -0.2) is 42.1 Å². The molecule has 30 heavy (non-hydrogen) atoms. The number of pyridine rings is 1. The van der Waals surface area contributed by atoms with Crippen molar-refractivity contribution >= 4 is 35.0 Å². The smallest absolute Gasteiger partial charge is 0.227 e. The summed E-state index contributed by atoms with van der Waals surface area (Å²) in [5.74, 6) is 0.660. The van der Waals surface area contributed by atoms with Gasteiger partial charge in [-0.2, -0.15) is 0 Å². The Bertz CT molecular complexity index is 1010. The lowest BCUT2D eigenvalue weighted by molar-refractivity contribution is -0.126. The Kier molecular flexibility index (Phi) is 4.96. The van der Waals surface area contributed by atoms with Crippen LogP contribution in [0.2, 0.25) is 0 Å². The van der Waals surface area contributed by atoms with Gasteiger partial charge in [0.25, 0.3) is 0 Å². The maximum absolute atomic E-state index is 12.8. The molecule has 2 N–H and O–H groups in total. The van der Waals surface area contributed by atoms with Crippen LogP contribution in [0.1, 0.15) is 12.1 Å². The summed E-state index contributed by atoms with van der Waals surface area (Å²) >= 11 is 1.47. The standard InChI is InChI=1S/C21H20N4O4S/c26-19-9-13(11-25(19)14-4-5-17-18(10-14)29-8-7-28-17)20(27)24-21-23-16(12-30-21)15-3-1-2-6-22-15/h1-6,10,12-13,21,23H,7-9,11H2,(H,24,27). The van der Waals surface area contributed by atoms with E-state index in [2.05, 4.69) is 15.6 Å². The summed E-state index contributed by atoms with van der Waals surface area (Å²) in [5, 5.41) is 8.16. The lowest BCUT2D eigenvalue weighted by atomic mass is 10.1. The first kappa shape index (κ1) is 18.8. The van der Waals surface area contributed by atoms with Gasteiger partial charge in [-0.05, 0) is 24.3 Å². The van der Waals surface area contributed by atoms with E-state index in [9.17, 15) is 9.59 Å². The van der Waals surface area contributed by atoms with Gasteiger partial charge in [0, 0.05) is 36.3 Å². The van der Waals surface area contributed by atoms with Crippen molar-refractivity contribution in [3.8, 4) is 11.5 Å². The minimum absolute atomic E-state index is 0.0776. The predicted octanol–water partition coefficient (Wildman–Crippen LogP) is 1.94. The van der Waals surface area contributed by atoms with E-state index >= 15 is 0 Å². The molecular formula is C21H20N4O4S. The van der Waals surface area contributed by atoms with E-state index in [1.807, 2.05) is 29.7 Å². The molecule has 1 saturated heterocycles. The molecule has 0 radical (unpaired) electrons. The Balaban J connectivity index is 1.20. The van der Waals surface area contributed by atoms with Gasteiger partial charge in [0.2, 0.25) is 11.8 Å². The van der Waals surface area contributed by atoms with Gasteiger partial charge < -0.3 is 25.0 Å². The Morgan fingerprint density at radius 3 is 2.90 bits per heavy atom. The van der Waals surface area contributed by atoms with Crippen LogP contribution in [0, 0.1) is 5.92 Å². The SMILES string of the molecule is O=C(NC1NC(c2ccccn2)=CS1)C1CC(=O)N(c2ccc3c(c2)OCCO3)C1. The highest BCUT2D eigenvalue weighted by Gasteiger charge is 2.36. The Labute approximate surface area is 177 Å². The summed E-state index contributed by atoms with van der Waals surface area (Å²) in [7, 11) is 0. The average molecular weight is 424 g/mol. The number of amides is 2. The van der Waals surface area contributed by atoms with Crippen LogP contribution in [0.5, 0.6) is 11.5 Å². The molecule has 8 nitrogen and oxygen atoms in total. The van der Waals surface area contributed by atoms with Gasteiger partial charge in [0.05, 0.1) is 17.3 Å². The van der Waals surface area contributed by atoms with Crippen LogP contribution in [0.15, 0.2) is 48.0 Å². The molecule has 1 aromatic carbocycles. The molecule has 9 heteroatoms. The van der Waals surface area contributed by atoms with E-state index in [-0.39, 0.29) is 23.7 Å². The highest BCUT2D eigenvalue weighted by Crippen LogP contribution is 2.36. The van der Waals surface area contributed by atoms with Crippen LogP contribution in [0.4, 0.5) is 5.69 Å². The Morgan fingerprint density at radius 2 is 2.07 bits per heavy atom. The summed E-state index contributed by atoms with van der Waals surface area (Å²) < 4.78 is 11.1. The number of nitrogens with zero attached hydrogens (tertiary/aromatic N) is 2. The zero-order valence-electron chi connectivity index (χ0n) is 16.0. The average Bonchev–Trinajstić information content (AvgIpc) is 3.41. The molecule has 0 aliphatic carbocycles. The summed E-state index contributed by atoms with van der Waals surface area (Å²) in [6.45, 7) is 1.33. The van der Waals surface area contributed by atoms with E-state index in [0.717, 1.165) is 11.4 Å². The first-order valence-corrected chi connectivity index (χ1v) is 10.7. The molecule has 5 rings (SSSR count). The summed E-state index contributed by atoms with van der Waals surface area (Å²) in [4.78, 5) is 31.3. The maximum atomic E-state index is 12.8. The van der Waals surface area contributed by atoms with E-state index < -0.39 is 5.92 Å². The molecule has 0 bridgehead atoms. The molecule has 0 spiro atoms. The second kappa shape index (κ2) is 7.91. The van der Waals surface area contributed by atoms with Crippen molar-refractivity contribution in [2.45, 2.75) is 11.9 Å². The van der Waals surface area contributed by atoms with Crippen molar-refractivity contribution in [1.82, 2.24) is 15.6 Å². The van der Waals surface area contributed by atoms with Crippen molar-refractivity contribution in [3.05, 3.63) is 53.7 Å². The van der Waals surface area contributed by atoms with Crippen molar-refractivity contribution in [3.63, 3.8) is 0 Å². The number of thioether (sulfide) groups is 1. The molecule has 2 aromatic rings. The van der Waals surface area contributed by atoms with Gasteiger partial charge in [-0.3, -0.25) is 14.6 Å². The molecule has 1 fully saturated rings. The largest absolute Gasteiger partial charge is 0.486 e. The molecule has 1 aromatic heterocycles. The number of ether oxygens (including phenoxy) is 2. The molecule has 154 valence electrons. The number of rotatable bonds is 4. The van der Waals surface area contributed by atoms with Crippen LogP contribution in [0.25, 0.3) is 5.70 Å². The van der Waals surface area contributed by atoms with E-state index in [1.54, 1.807) is 23.2 Å². The predicted molar refractivity (Wildman–Crippen MR) is 113 cm³/mol. The lowest BCUT2D eigenvalue weighted by Gasteiger charge is -2.22. The lowest BCUT2D eigenvalue weighted by Crippen LogP contribution is -2.43. The first-order chi connectivity index (χ1) is 14.7. The van der Waals surface area contributed by atoms with Gasteiger partial charge in [-0.15, -0.1) is 0 Å². The molecule has 2 amide bonds. The molecule has 3 aliphatic rings. The highest BCUT2D eigenvalue weighted by atomic mass is 32.2. The number of benzene rings is 1. The Morgan fingerprint density at radius 1 is 1.20 bits per heavy atom. The number of fused-ring (bicyclic) bond motifs is 1. The number of carbonyl (C=O) groups excluding carboxylic acids is 2. The number of anilines is 1. The van der Waals surface area contributed by atoms with Crippen LogP contribution >= 0.6 is 11.8 Å². The minimum atomic E-state index is -0.410. The van der Waals surface area contributed by atoms with Crippen molar-refractivity contribution in [2.75, 3.05) is 24.7 Å². The maximum Gasteiger partial charge on any atom is 0.227 e. The number of carbonyl (C=O) groups is 2. The second-order valence-corrected chi connectivity index (χ2v) is 8.13. The van der Waals surface area contributed by atoms with Gasteiger partial charge >= 0.3 is 0 Å². The number of hydrogen-bond acceptors (Lipinski definition) is 7. The monoisotopic (exact) mass is 424 g/mol. The number of nitrogens with one attached hydrogen (secondary N) is 2. The topological polar surface area (TPSA) is 92.8 Å². The third-order valence-corrected chi connectivity index (χ3v) is 6.04. The molecule has 2 unspecified atom stereocenters. The van der Waals surface area contributed by atoms with Gasteiger partial charge in [0.15, 0.2) is 17.0 Å². The molecule has 3 aliphatic heterocycles. The third-order valence-electron chi connectivity index (χ3n) is 5.16. The zero-order valence-corrected chi connectivity index (χ0v) is 16.9. The number of hydrogen-bond donors (Lipinski definition) is 2.